The summed E-state index contributed by atoms with van der Waals surface area (Å²) in [7, 11) is 0. The van der Waals surface area contributed by atoms with Crippen LogP contribution < -0.4 is 5.32 Å². The average Bonchev–Trinajstić information content (AvgIpc) is 2.01. The number of allylic oxidation sites excluding steroid dienone is 1. The first-order valence-corrected chi connectivity index (χ1v) is 5.32. The maximum atomic E-state index is 11.7. The lowest BCUT2D eigenvalue weighted by atomic mass is 10.1. The highest BCUT2D eigenvalue weighted by Gasteiger charge is 2.18. The van der Waals surface area contributed by atoms with E-state index in [4.69, 9.17) is 0 Å². The smallest absolute Gasteiger partial charge is 0.248 e. The number of nitrogens with zero attached hydrogens (tertiary/aromatic N) is 1. The Hall–Kier alpha value is -0.830. The molecule has 0 spiro atoms. The third-order valence-corrected chi connectivity index (χ3v) is 2.40. The third kappa shape index (κ3) is 3.14. The zero-order chi connectivity index (χ0) is 10.6. The maximum absolute atomic E-state index is 11.7. The number of hydrogen-bond donors (Lipinski definition) is 1. The Labute approximate surface area is 86.2 Å². The van der Waals surface area contributed by atoms with Crippen LogP contribution in [0.15, 0.2) is 11.6 Å². The van der Waals surface area contributed by atoms with Gasteiger partial charge in [0, 0.05) is 18.2 Å². The van der Waals surface area contributed by atoms with Gasteiger partial charge in [0.25, 0.3) is 0 Å². The highest BCUT2D eigenvalue weighted by molar-refractivity contribution is 5.93. The summed E-state index contributed by atoms with van der Waals surface area (Å²) in [6.45, 7) is 8.95. The molecule has 0 aromatic heterocycles. The molecule has 0 atom stereocenters. The van der Waals surface area contributed by atoms with Crippen molar-refractivity contribution in [2.45, 2.75) is 33.2 Å². The van der Waals surface area contributed by atoms with E-state index in [2.05, 4.69) is 10.2 Å². The van der Waals surface area contributed by atoms with Crippen molar-refractivity contribution in [1.82, 2.24) is 10.2 Å². The normalized spacial score (nSPS) is 18.1. The Balaban J connectivity index is 2.40. The highest BCUT2D eigenvalue weighted by Crippen LogP contribution is 2.09. The minimum absolute atomic E-state index is 0.0781. The van der Waals surface area contributed by atoms with E-state index < -0.39 is 0 Å². The van der Waals surface area contributed by atoms with Crippen LogP contribution >= 0.6 is 0 Å². The lowest BCUT2D eigenvalue weighted by Crippen LogP contribution is -2.42. The molecule has 3 nitrogen and oxygen atoms in total. The largest absolute Gasteiger partial charge is 0.350 e. The van der Waals surface area contributed by atoms with Crippen LogP contribution in [-0.4, -0.2) is 36.5 Å². The first-order chi connectivity index (χ1) is 6.63. The lowest BCUT2D eigenvalue weighted by molar-refractivity contribution is -0.118. The Morgan fingerprint density at radius 1 is 1.50 bits per heavy atom. The van der Waals surface area contributed by atoms with Gasteiger partial charge in [0.05, 0.1) is 0 Å². The van der Waals surface area contributed by atoms with Crippen LogP contribution in [0.2, 0.25) is 0 Å². The lowest BCUT2D eigenvalue weighted by Gasteiger charge is -2.31. The van der Waals surface area contributed by atoms with Gasteiger partial charge in [-0.15, -0.1) is 0 Å². The fourth-order valence-corrected chi connectivity index (χ4v) is 1.43. The van der Waals surface area contributed by atoms with Gasteiger partial charge < -0.3 is 5.32 Å². The Morgan fingerprint density at radius 2 is 2.14 bits per heavy atom. The number of carbonyl (C=O) groups excluding carboxylic acids is 1. The first kappa shape index (κ1) is 11.2. The molecule has 0 saturated carbocycles. The fourth-order valence-electron chi connectivity index (χ4n) is 1.43. The van der Waals surface area contributed by atoms with Crippen molar-refractivity contribution in [1.29, 1.82) is 0 Å². The predicted octanol–water partition coefficient (Wildman–Crippen LogP) is 1.16. The highest BCUT2D eigenvalue weighted by atomic mass is 16.1. The fraction of sp³-hybridized carbons (Fsp3) is 0.727. The van der Waals surface area contributed by atoms with Crippen molar-refractivity contribution in [3.05, 3.63) is 11.6 Å². The Morgan fingerprint density at radius 3 is 2.50 bits per heavy atom. The van der Waals surface area contributed by atoms with Gasteiger partial charge in [-0.25, -0.2) is 0 Å². The molecule has 0 bridgehead atoms. The molecule has 0 radical (unpaired) electrons. The van der Waals surface area contributed by atoms with Gasteiger partial charge in [-0.2, -0.15) is 0 Å². The summed E-state index contributed by atoms with van der Waals surface area (Å²) in [6.07, 6.45) is 3.18. The molecular weight excluding hydrogens is 176 g/mol. The number of amides is 1. The molecule has 0 unspecified atom stereocenters. The van der Waals surface area contributed by atoms with Crippen LogP contribution in [0, 0.1) is 0 Å². The molecule has 0 aliphatic carbocycles. The quantitative estimate of drug-likeness (QED) is 0.684. The molecule has 1 N–H and O–H groups in total. The number of rotatable bonds is 4. The van der Waals surface area contributed by atoms with Crippen LogP contribution in [0.1, 0.15) is 27.2 Å². The van der Waals surface area contributed by atoms with Crippen LogP contribution in [-0.2, 0) is 4.79 Å². The van der Waals surface area contributed by atoms with Gasteiger partial charge in [0.1, 0.15) is 0 Å². The molecule has 80 valence electrons. The molecule has 1 aliphatic rings. The third-order valence-electron chi connectivity index (χ3n) is 2.40. The first-order valence-electron chi connectivity index (χ1n) is 5.32. The molecule has 0 aromatic carbocycles. The molecule has 1 rings (SSSR count). The van der Waals surface area contributed by atoms with Gasteiger partial charge in [-0.3, -0.25) is 9.69 Å². The van der Waals surface area contributed by atoms with Gasteiger partial charge in [0.2, 0.25) is 5.91 Å². The molecule has 1 aliphatic heterocycles. The molecule has 3 heteroatoms. The van der Waals surface area contributed by atoms with E-state index in [1.54, 1.807) is 0 Å². The zero-order valence-electron chi connectivity index (χ0n) is 9.34. The summed E-state index contributed by atoms with van der Waals surface area (Å²) in [5, 5.41) is 2.91. The van der Waals surface area contributed by atoms with E-state index in [1.165, 1.54) is 6.42 Å². The van der Waals surface area contributed by atoms with Crippen LogP contribution in [0.4, 0.5) is 0 Å². The van der Waals surface area contributed by atoms with E-state index in [1.807, 2.05) is 26.8 Å². The van der Waals surface area contributed by atoms with Crippen molar-refractivity contribution >= 4 is 5.91 Å². The number of nitrogens with one attached hydrogen (secondary N) is 1. The average molecular weight is 196 g/mol. The molecule has 1 heterocycles. The second-order valence-corrected chi connectivity index (χ2v) is 4.07. The van der Waals surface area contributed by atoms with E-state index in [-0.39, 0.29) is 11.9 Å². The van der Waals surface area contributed by atoms with Crippen molar-refractivity contribution in [3.8, 4) is 0 Å². The predicted molar refractivity (Wildman–Crippen MR) is 58.1 cm³/mol. The van der Waals surface area contributed by atoms with Crippen molar-refractivity contribution in [3.63, 3.8) is 0 Å². The summed E-state index contributed by atoms with van der Waals surface area (Å²) in [5.41, 5.74) is 0.887. The van der Waals surface area contributed by atoms with E-state index in [0.29, 0.717) is 0 Å². The minimum Gasteiger partial charge on any atom is -0.350 e. The van der Waals surface area contributed by atoms with Crippen molar-refractivity contribution in [2.24, 2.45) is 0 Å². The van der Waals surface area contributed by atoms with E-state index >= 15 is 0 Å². The van der Waals surface area contributed by atoms with Crippen LogP contribution in [0.3, 0.4) is 0 Å². The molecule has 0 aromatic rings. The van der Waals surface area contributed by atoms with Crippen molar-refractivity contribution in [2.75, 3.05) is 19.6 Å². The van der Waals surface area contributed by atoms with Gasteiger partial charge in [-0.05, 0) is 40.3 Å². The van der Waals surface area contributed by atoms with Crippen LogP contribution in [0.5, 0.6) is 0 Å². The molecule has 1 fully saturated rings. The Kier molecular flexibility index (Phi) is 4.14. The Bertz CT molecular complexity index is 229. The number of likely N-dealkylation sites (tertiary alicyclic amines) is 1. The molecule has 14 heavy (non-hydrogen) atoms. The number of carbonyl (C=O) groups is 1. The summed E-state index contributed by atoms with van der Waals surface area (Å²) in [4.78, 5) is 13.9. The monoisotopic (exact) mass is 196 g/mol. The molecule has 1 saturated heterocycles. The van der Waals surface area contributed by atoms with E-state index in [0.717, 1.165) is 25.2 Å². The van der Waals surface area contributed by atoms with Gasteiger partial charge in [-0.1, -0.05) is 6.08 Å². The summed E-state index contributed by atoms with van der Waals surface area (Å²) < 4.78 is 0. The topological polar surface area (TPSA) is 32.3 Å². The van der Waals surface area contributed by atoms with Crippen LogP contribution in [0.25, 0.3) is 0 Å². The SMILES string of the molecule is C/C=C(\CN1CCC1)C(=O)NC(C)C. The van der Waals surface area contributed by atoms with Crippen molar-refractivity contribution < 1.29 is 4.79 Å². The van der Waals surface area contributed by atoms with Gasteiger partial charge >= 0.3 is 0 Å². The second-order valence-electron chi connectivity index (χ2n) is 4.07. The molecule has 1 amide bonds. The summed E-state index contributed by atoms with van der Waals surface area (Å²) in [5.74, 6) is 0.0781. The summed E-state index contributed by atoms with van der Waals surface area (Å²) in [6, 6.07) is 0.217. The molecular formula is C11H20N2O. The second kappa shape index (κ2) is 5.15. The standard InChI is InChI=1S/C11H20N2O/c1-4-10(8-13-6-5-7-13)11(14)12-9(2)3/h4,9H,5-8H2,1-3H3,(H,12,14)/b10-4+. The number of hydrogen-bond acceptors (Lipinski definition) is 2. The minimum atomic E-state index is 0.0781. The summed E-state index contributed by atoms with van der Waals surface area (Å²) >= 11 is 0. The van der Waals surface area contributed by atoms with E-state index in [9.17, 15) is 4.79 Å². The zero-order valence-corrected chi connectivity index (χ0v) is 9.34. The maximum Gasteiger partial charge on any atom is 0.248 e. The van der Waals surface area contributed by atoms with Gasteiger partial charge in [0.15, 0.2) is 0 Å².